The predicted octanol–water partition coefficient (Wildman–Crippen LogP) is 3.46. The first-order valence-corrected chi connectivity index (χ1v) is 7.47. The molecule has 1 aliphatic carbocycles. The third-order valence-electron chi connectivity index (χ3n) is 4.31. The number of halogens is 2. The molecule has 120 valence electrons. The number of carbonyl (C=O) groups excluding carboxylic acids is 1. The van der Waals surface area contributed by atoms with Crippen LogP contribution in [0.5, 0.6) is 0 Å². The highest BCUT2D eigenvalue weighted by atomic mass is 35.5. The van der Waals surface area contributed by atoms with Crippen LogP contribution in [0.2, 0.25) is 5.02 Å². The number of methoxy groups -OCH3 is 1. The van der Waals surface area contributed by atoms with E-state index in [0.717, 1.165) is 0 Å². The molecule has 0 spiro atoms. The lowest BCUT2D eigenvalue weighted by molar-refractivity contribution is -0.143. The number of esters is 1. The first-order chi connectivity index (χ1) is 11.5. The van der Waals surface area contributed by atoms with E-state index in [1.807, 2.05) is 0 Å². The Bertz CT molecular complexity index is 906. The molecule has 0 heterocycles. The van der Waals surface area contributed by atoms with Crippen molar-refractivity contribution in [2.24, 2.45) is 5.92 Å². The van der Waals surface area contributed by atoms with E-state index in [2.05, 4.69) is 6.07 Å². The molecule has 0 fully saturated rings. The van der Waals surface area contributed by atoms with Crippen LogP contribution in [0.4, 0.5) is 4.39 Å². The Labute approximate surface area is 142 Å². The van der Waals surface area contributed by atoms with Crippen LogP contribution in [0.3, 0.4) is 0 Å². The van der Waals surface area contributed by atoms with E-state index < -0.39 is 23.1 Å². The van der Waals surface area contributed by atoms with Crippen molar-refractivity contribution < 1.29 is 13.9 Å². The van der Waals surface area contributed by atoms with E-state index in [0.29, 0.717) is 16.1 Å². The van der Waals surface area contributed by atoms with Crippen molar-refractivity contribution in [1.29, 1.82) is 10.7 Å². The molecule has 2 atom stereocenters. The van der Waals surface area contributed by atoms with Crippen LogP contribution >= 0.6 is 11.6 Å². The SMILES string of the molecule is COC(=O)C1C(=N)c2ccc(Cl)cc2C1(C#N)c1cccc(F)c1. The van der Waals surface area contributed by atoms with Gasteiger partial charge in [-0.2, -0.15) is 5.26 Å². The number of hydrogen-bond acceptors (Lipinski definition) is 4. The number of benzene rings is 2. The van der Waals surface area contributed by atoms with Crippen LogP contribution in [0.15, 0.2) is 42.5 Å². The normalized spacial score (nSPS) is 21.9. The second-order valence-corrected chi connectivity index (χ2v) is 5.93. The van der Waals surface area contributed by atoms with Gasteiger partial charge in [0.15, 0.2) is 0 Å². The summed E-state index contributed by atoms with van der Waals surface area (Å²) in [5, 5.41) is 18.7. The molecule has 2 unspecified atom stereocenters. The zero-order valence-corrected chi connectivity index (χ0v) is 13.4. The topological polar surface area (TPSA) is 73.9 Å². The largest absolute Gasteiger partial charge is 0.468 e. The Morgan fingerprint density at radius 2 is 2.12 bits per heavy atom. The van der Waals surface area contributed by atoms with E-state index in [9.17, 15) is 14.4 Å². The number of nitriles is 1. The molecular weight excluding hydrogens is 331 g/mol. The van der Waals surface area contributed by atoms with Crippen LogP contribution in [0, 0.1) is 28.5 Å². The molecule has 0 aromatic heterocycles. The molecule has 6 heteroatoms. The van der Waals surface area contributed by atoms with Crippen molar-refractivity contribution in [2.75, 3.05) is 7.11 Å². The van der Waals surface area contributed by atoms with Crippen molar-refractivity contribution in [3.05, 3.63) is 70.0 Å². The predicted molar refractivity (Wildman–Crippen MR) is 86.6 cm³/mol. The van der Waals surface area contributed by atoms with Gasteiger partial charge in [0, 0.05) is 10.6 Å². The minimum absolute atomic E-state index is 0.0423. The monoisotopic (exact) mass is 342 g/mol. The third-order valence-corrected chi connectivity index (χ3v) is 4.55. The Kier molecular flexibility index (Phi) is 3.86. The second-order valence-electron chi connectivity index (χ2n) is 5.49. The number of nitrogens with zero attached hydrogens (tertiary/aromatic N) is 1. The van der Waals surface area contributed by atoms with Gasteiger partial charge in [0.1, 0.15) is 17.2 Å². The average Bonchev–Trinajstić information content (AvgIpc) is 2.83. The van der Waals surface area contributed by atoms with Crippen molar-refractivity contribution in [3.63, 3.8) is 0 Å². The van der Waals surface area contributed by atoms with Crippen molar-refractivity contribution in [3.8, 4) is 6.07 Å². The summed E-state index contributed by atoms with van der Waals surface area (Å²) in [6.07, 6.45) is 0. The van der Waals surface area contributed by atoms with E-state index in [4.69, 9.17) is 21.7 Å². The van der Waals surface area contributed by atoms with E-state index in [1.165, 1.54) is 25.3 Å². The standard InChI is InChI=1S/C18H12ClFN2O2/c1-24-17(23)15-16(22)13-6-5-11(19)8-14(13)18(15,9-21)10-3-2-4-12(20)7-10/h2-8,15,22H,1H3. The Hall–Kier alpha value is -2.71. The lowest BCUT2D eigenvalue weighted by atomic mass is 9.70. The third kappa shape index (κ3) is 2.11. The van der Waals surface area contributed by atoms with Gasteiger partial charge in [-0.1, -0.05) is 29.8 Å². The molecule has 4 nitrogen and oxygen atoms in total. The summed E-state index contributed by atoms with van der Waals surface area (Å²) in [5.41, 5.74) is -0.485. The summed E-state index contributed by atoms with van der Waals surface area (Å²) in [7, 11) is 1.19. The van der Waals surface area contributed by atoms with Crippen molar-refractivity contribution >= 4 is 23.3 Å². The molecule has 0 saturated carbocycles. The lowest BCUT2D eigenvalue weighted by Gasteiger charge is -2.28. The number of ether oxygens (including phenoxy) is 1. The maximum absolute atomic E-state index is 13.8. The fourth-order valence-electron chi connectivity index (χ4n) is 3.26. The smallest absolute Gasteiger partial charge is 0.317 e. The van der Waals surface area contributed by atoms with Gasteiger partial charge >= 0.3 is 5.97 Å². The quantitative estimate of drug-likeness (QED) is 0.849. The summed E-state index contributed by atoms with van der Waals surface area (Å²) >= 11 is 6.07. The molecule has 0 bridgehead atoms. The van der Waals surface area contributed by atoms with Crippen LogP contribution in [0.1, 0.15) is 16.7 Å². The van der Waals surface area contributed by atoms with Gasteiger partial charge in [-0.05, 0) is 35.4 Å². The molecule has 2 aromatic rings. The van der Waals surface area contributed by atoms with Crippen molar-refractivity contribution in [2.45, 2.75) is 5.41 Å². The van der Waals surface area contributed by atoms with E-state index in [-0.39, 0.29) is 11.3 Å². The number of carbonyl (C=O) groups is 1. The molecule has 0 aliphatic heterocycles. The lowest BCUT2D eigenvalue weighted by Crippen LogP contribution is -2.39. The summed E-state index contributed by atoms with van der Waals surface area (Å²) in [6.45, 7) is 0. The molecular formula is C18H12ClFN2O2. The molecule has 0 radical (unpaired) electrons. The summed E-state index contributed by atoms with van der Waals surface area (Å²) in [6, 6.07) is 12.3. The van der Waals surface area contributed by atoms with Gasteiger partial charge in [-0.3, -0.25) is 4.79 Å². The van der Waals surface area contributed by atoms with Crippen LogP contribution in [-0.2, 0) is 14.9 Å². The van der Waals surface area contributed by atoms with Gasteiger partial charge in [0.25, 0.3) is 0 Å². The second kappa shape index (κ2) is 5.73. The highest BCUT2D eigenvalue weighted by Crippen LogP contribution is 2.49. The molecule has 0 amide bonds. The van der Waals surface area contributed by atoms with Gasteiger partial charge in [0.05, 0.1) is 18.9 Å². The first-order valence-electron chi connectivity index (χ1n) is 7.09. The zero-order chi connectivity index (χ0) is 17.5. The zero-order valence-electron chi connectivity index (χ0n) is 12.6. The van der Waals surface area contributed by atoms with Gasteiger partial charge in [-0.15, -0.1) is 0 Å². The van der Waals surface area contributed by atoms with Gasteiger partial charge < -0.3 is 10.1 Å². The van der Waals surface area contributed by atoms with Crippen LogP contribution in [0.25, 0.3) is 0 Å². The maximum atomic E-state index is 13.8. The first kappa shape index (κ1) is 16.2. The summed E-state index contributed by atoms with van der Waals surface area (Å²) < 4.78 is 18.6. The molecule has 1 aliphatic rings. The minimum Gasteiger partial charge on any atom is -0.468 e. The average molecular weight is 343 g/mol. The number of hydrogen-bond donors (Lipinski definition) is 1. The summed E-state index contributed by atoms with van der Waals surface area (Å²) in [4.78, 5) is 12.4. The van der Waals surface area contributed by atoms with Crippen LogP contribution < -0.4 is 0 Å². The highest BCUT2D eigenvalue weighted by molar-refractivity contribution is 6.31. The minimum atomic E-state index is -1.56. The van der Waals surface area contributed by atoms with Gasteiger partial charge in [-0.25, -0.2) is 4.39 Å². The molecule has 0 saturated heterocycles. The number of fused-ring (bicyclic) bond motifs is 1. The fraction of sp³-hybridized carbons (Fsp3) is 0.167. The summed E-state index contributed by atoms with van der Waals surface area (Å²) in [5.74, 6) is -2.45. The molecule has 3 rings (SSSR count). The fourth-order valence-corrected chi connectivity index (χ4v) is 3.43. The molecule has 1 N–H and O–H groups in total. The van der Waals surface area contributed by atoms with Crippen molar-refractivity contribution in [1.82, 2.24) is 0 Å². The van der Waals surface area contributed by atoms with E-state index in [1.54, 1.807) is 24.3 Å². The highest BCUT2D eigenvalue weighted by Gasteiger charge is 2.56. The number of rotatable bonds is 2. The Morgan fingerprint density at radius 1 is 1.38 bits per heavy atom. The maximum Gasteiger partial charge on any atom is 0.317 e. The van der Waals surface area contributed by atoms with Gasteiger partial charge in [0.2, 0.25) is 0 Å². The molecule has 2 aromatic carbocycles. The number of nitrogens with one attached hydrogen (secondary N) is 1. The van der Waals surface area contributed by atoms with E-state index >= 15 is 0 Å². The molecule has 24 heavy (non-hydrogen) atoms. The van der Waals surface area contributed by atoms with Crippen LogP contribution in [-0.4, -0.2) is 18.8 Å². The Morgan fingerprint density at radius 3 is 2.75 bits per heavy atom. The Balaban J connectivity index is 2.39.